The van der Waals surface area contributed by atoms with Crippen molar-refractivity contribution in [3.8, 4) is 11.8 Å². The van der Waals surface area contributed by atoms with E-state index in [1.165, 1.54) is 17.1 Å². The van der Waals surface area contributed by atoms with Gasteiger partial charge in [0.2, 0.25) is 5.88 Å². The van der Waals surface area contributed by atoms with Gasteiger partial charge in [0.25, 0.3) is 5.95 Å². The summed E-state index contributed by atoms with van der Waals surface area (Å²) in [7, 11) is 0. The van der Waals surface area contributed by atoms with E-state index in [0.717, 1.165) is 0 Å². The van der Waals surface area contributed by atoms with Crippen LogP contribution in [0.5, 0.6) is 5.88 Å². The molecular formula is C6H4ClN5O. The molecule has 0 fully saturated rings. The molecule has 0 saturated carbocycles. The predicted molar refractivity (Wildman–Crippen MR) is 43.6 cm³/mol. The molecule has 0 saturated heterocycles. The molecular weight excluding hydrogens is 194 g/mol. The lowest BCUT2D eigenvalue weighted by atomic mass is 10.6. The Bertz CT molecular complexity index is 415. The van der Waals surface area contributed by atoms with Crippen molar-refractivity contribution in [1.29, 1.82) is 0 Å². The van der Waals surface area contributed by atoms with Crippen LogP contribution in [0.3, 0.4) is 0 Å². The van der Waals surface area contributed by atoms with Crippen LogP contribution in [0.4, 0.5) is 0 Å². The molecule has 13 heavy (non-hydrogen) atoms. The van der Waals surface area contributed by atoms with Crippen LogP contribution in [0.1, 0.15) is 0 Å². The first kappa shape index (κ1) is 7.93. The molecule has 0 aliphatic heterocycles. The zero-order valence-electron chi connectivity index (χ0n) is 6.29. The van der Waals surface area contributed by atoms with Crippen molar-refractivity contribution in [2.75, 3.05) is 0 Å². The van der Waals surface area contributed by atoms with Gasteiger partial charge in [-0.15, -0.1) is 5.10 Å². The average molecular weight is 198 g/mol. The van der Waals surface area contributed by atoms with Crippen LogP contribution >= 0.6 is 11.6 Å². The Labute approximate surface area is 77.8 Å². The van der Waals surface area contributed by atoms with Gasteiger partial charge in [0.05, 0.1) is 18.6 Å². The van der Waals surface area contributed by atoms with Crippen molar-refractivity contribution >= 4 is 11.6 Å². The monoisotopic (exact) mass is 197 g/mol. The summed E-state index contributed by atoms with van der Waals surface area (Å²) in [4.78, 5) is 7.53. The Morgan fingerprint density at radius 2 is 2.31 bits per heavy atom. The van der Waals surface area contributed by atoms with Crippen molar-refractivity contribution in [3.63, 3.8) is 0 Å². The fraction of sp³-hybridized carbons (Fsp3) is 0. The minimum absolute atomic E-state index is 0.101. The van der Waals surface area contributed by atoms with Gasteiger partial charge in [0.15, 0.2) is 0 Å². The summed E-state index contributed by atoms with van der Waals surface area (Å²) >= 11 is 5.52. The van der Waals surface area contributed by atoms with Gasteiger partial charge < -0.3 is 5.11 Å². The molecule has 66 valence electrons. The van der Waals surface area contributed by atoms with Gasteiger partial charge in [-0.25, -0.2) is 4.98 Å². The molecule has 2 aromatic heterocycles. The zero-order valence-corrected chi connectivity index (χ0v) is 7.05. The molecule has 0 amide bonds. The quantitative estimate of drug-likeness (QED) is 0.717. The number of hydrogen-bond acceptors (Lipinski definition) is 5. The minimum Gasteiger partial charge on any atom is -0.492 e. The van der Waals surface area contributed by atoms with Crippen molar-refractivity contribution in [2.45, 2.75) is 0 Å². The Hall–Kier alpha value is -1.69. The first-order valence-corrected chi connectivity index (χ1v) is 3.73. The number of hydrogen-bond donors (Lipinski definition) is 1. The van der Waals surface area contributed by atoms with Gasteiger partial charge in [-0.1, -0.05) is 16.8 Å². The van der Waals surface area contributed by atoms with Crippen LogP contribution in [0.15, 0.2) is 18.6 Å². The lowest BCUT2D eigenvalue weighted by Crippen LogP contribution is -2.01. The molecule has 0 bridgehead atoms. The van der Waals surface area contributed by atoms with E-state index in [4.69, 9.17) is 16.7 Å². The average Bonchev–Trinajstić information content (AvgIpc) is 2.62. The Kier molecular flexibility index (Phi) is 1.82. The van der Waals surface area contributed by atoms with Crippen LogP contribution in [0.25, 0.3) is 5.95 Å². The van der Waals surface area contributed by atoms with Crippen molar-refractivity contribution < 1.29 is 5.11 Å². The SMILES string of the molecule is Oc1nc(-n2ccnn2)ncc1Cl. The second kappa shape index (κ2) is 2.98. The summed E-state index contributed by atoms with van der Waals surface area (Å²) in [5.41, 5.74) is 0. The minimum atomic E-state index is -0.276. The molecule has 1 N–H and O–H groups in total. The molecule has 6 nitrogen and oxygen atoms in total. The summed E-state index contributed by atoms with van der Waals surface area (Å²) in [6, 6.07) is 0. The molecule has 0 spiro atoms. The van der Waals surface area contributed by atoms with E-state index in [9.17, 15) is 0 Å². The van der Waals surface area contributed by atoms with Gasteiger partial charge in [-0.2, -0.15) is 9.67 Å². The highest BCUT2D eigenvalue weighted by Gasteiger charge is 2.04. The van der Waals surface area contributed by atoms with Gasteiger partial charge in [-0.05, 0) is 0 Å². The fourth-order valence-corrected chi connectivity index (χ4v) is 0.865. The third kappa shape index (κ3) is 1.43. The maximum Gasteiger partial charge on any atom is 0.255 e. The molecule has 0 aliphatic carbocycles. The number of aromatic hydroxyl groups is 1. The third-order valence-electron chi connectivity index (χ3n) is 1.34. The highest BCUT2D eigenvalue weighted by atomic mass is 35.5. The van der Waals surface area contributed by atoms with Crippen molar-refractivity contribution in [2.24, 2.45) is 0 Å². The molecule has 0 radical (unpaired) electrons. The van der Waals surface area contributed by atoms with Crippen molar-refractivity contribution in [3.05, 3.63) is 23.6 Å². The van der Waals surface area contributed by atoms with E-state index in [2.05, 4.69) is 20.3 Å². The number of aromatic nitrogens is 5. The maximum absolute atomic E-state index is 9.15. The first-order valence-electron chi connectivity index (χ1n) is 3.35. The second-order valence-corrected chi connectivity index (χ2v) is 2.60. The first-order chi connectivity index (χ1) is 6.27. The lowest BCUT2D eigenvalue weighted by molar-refractivity contribution is 0.450. The molecule has 2 rings (SSSR count). The summed E-state index contributed by atoms with van der Waals surface area (Å²) in [6.07, 6.45) is 4.33. The van der Waals surface area contributed by atoms with Crippen LogP contribution < -0.4 is 0 Å². The highest BCUT2D eigenvalue weighted by molar-refractivity contribution is 6.31. The van der Waals surface area contributed by atoms with E-state index < -0.39 is 0 Å². The highest BCUT2D eigenvalue weighted by Crippen LogP contribution is 2.18. The molecule has 0 aromatic carbocycles. The summed E-state index contributed by atoms with van der Waals surface area (Å²) in [5, 5.41) is 16.5. The standard InChI is InChI=1S/C6H4ClN5O/c7-4-3-8-6(10-5(4)13)12-2-1-9-11-12/h1-3H,(H,8,10,13). The van der Waals surface area contributed by atoms with Gasteiger partial charge >= 0.3 is 0 Å². The fourth-order valence-electron chi connectivity index (χ4n) is 0.774. The molecule has 0 unspecified atom stereocenters. The Morgan fingerprint density at radius 1 is 1.46 bits per heavy atom. The van der Waals surface area contributed by atoms with E-state index in [-0.39, 0.29) is 16.9 Å². The van der Waals surface area contributed by atoms with E-state index in [0.29, 0.717) is 0 Å². The van der Waals surface area contributed by atoms with Gasteiger partial charge in [0.1, 0.15) is 5.02 Å². The topological polar surface area (TPSA) is 76.7 Å². The van der Waals surface area contributed by atoms with Crippen LogP contribution in [-0.4, -0.2) is 30.1 Å². The Morgan fingerprint density at radius 3 is 2.92 bits per heavy atom. The smallest absolute Gasteiger partial charge is 0.255 e. The third-order valence-corrected chi connectivity index (χ3v) is 1.61. The molecule has 2 aromatic rings. The Balaban J connectivity index is 2.49. The largest absolute Gasteiger partial charge is 0.492 e. The van der Waals surface area contributed by atoms with Crippen molar-refractivity contribution in [1.82, 2.24) is 25.0 Å². The van der Waals surface area contributed by atoms with E-state index >= 15 is 0 Å². The van der Waals surface area contributed by atoms with E-state index in [1.54, 1.807) is 6.20 Å². The number of halogens is 1. The van der Waals surface area contributed by atoms with Gasteiger partial charge in [0, 0.05) is 0 Å². The summed E-state index contributed by atoms with van der Waals surface area (Å²) in [6.45, 7) is 0. The number of nitrogens with zero attached hydrogens (tertiary/aromatic N) is 5. The maximum atomic E-state index is 9.15. The van der Waals surface area contributed by atoms with Crippen LogP contribution in [0, 0.1) is 0 Å². The molecule has 7 heteroatoms. The number of rotatable bonds is 1. The molecule has 0 aliphatic rings. The second-order valence-electron chi connectivity index (χ2n) is 2.19. The predicted octanol–water partition coefficient (Wildman–Crippen LogP) is 0.416. The summed E-state index contributed by atoms with van der Waals surface area (Å²) in [5.74, 6) is -0.0541. The normalized spacial score (nSPS) is 10.2. The van der Waals surface area contributed by atoms with Gasteiger partial charge in [-0.3, -0.25) is 0 Å². The van der Waals surface area contributed by atoms with E-state index in [1.807, 2.05) is 0 Å². The summed E-state index contributed by atoms with van der Waals surface area (Å²) < 4.78 is 1.32. The molecule has 2 heterocycles. The lowest BCUT2D eigenvalue weighted by Gasteiger charge is -1.98. The van der Waals surface area contributed by atoms with Crippen LogP contribution in [-0.2, 0) is 0 Å². The van der Waals surface area contributed by atoms with Crippen LogP contribution in [0.2, 0.25) is 5.02 Å². The zero-order chi connectivity index (χ0) is 9.26. The molecule has 0 atom stereocenters.